The summed E-state index contributed by atoms with van der Waals surface area (Å²) in [4.78, 5) is 13.7. The molecule has 0 bridgehead atoms. The zero-order valence-corrected chi connectivity index (χ0v) is 12.5. The van der Waals surface area contributed by atoms with Crippen LogP contribution in [0, 0.1) is 0 Å². The van der Waals surface area contributed by atoms with Gasteiger partial charge in [0.2, 0.25) is 0 Å². The summed E-state index contributed by atoms with van der Waals surface area (Å²) in [5.41, 5.74) is 1.89. The van der Waals surface area contributed by atoms with Gasteiger partial charge in [-0.15, -0.1) is 15.0 Å². The Labute approximate surface area is 135 Å². The average molecular weight is 313 g/mol. The van der Waals surface area contributed by atoms with Crippen LogP contribution >= 0.6 is 0 Å². The second kappa shape index (κ2) is 4.76. The van der Waals surface area contributed by atoms with Crippen LogP contribution in [0.4, 0.5) is 0 Å². The van der Waals surface area contributed by atoms with E-state index in [2.05, 4.69) is 10.2 Å². The molecule has 0 N–H and O–H groups in total. The first-order valence-electron chi connectivity index (χ1n) is 7.58. The number of hydrogen-bond donors (Lipinski definition) is 0. The third-order valence-corrected chi connectivity index (χ3v) is 4.11. The molecule has 5 rings (SSSR count). The van der Waals surface area contributed by atoms with Crippen molar-refractivity contribution < 1.29 is 4.42 Å². The highest BCUT2D eigenvalue weighted by Gasteiger charge is 2.12. The van der Waals surface area contributed by atoms with Gasteiger partial charge in [0.1, 0.15) is 16.6 Å². The molecule has 0 saturated carbocycles. The molecular weight excluding hydrogens is 302 g/mol. The van der Waals surface area contributed by atoms with Crippen LogP contribution in [0.5, 0.6) is 0 Å². The van der Waals surface area contributed by atoms with E-state index in [1.54, 1.807) is 12.1 Å². The van der Waals surface area contributed by atoms with Gasteiger partial charge >= 0.3 is 5.63 Å². The molecule has 2 aromatic heterocycles. The number of nitrogens with zero attached hydrogens (tertiary/aromatic N) is 3. The summed E-state index contributed by atoms with van der Waals surface area (Å²) in [5, 5.41) is 11.9. The van der Waals surface area contributed by atoms with Crippen LogP contribution in [0.25, 0.3) is 38.5 Å². The van der Waals surface area contributed by atoms with Crippen molar-refractivity contribution in [1.82, 2.24) is 15.0 Å². The maximum absolute atomic E-state index is 12.3. The summed E-state index contributed by atoms with van der Waals surface area (Å²) in [6.45, 7) is 0. The fraction of sp³-hybridized carbons (Fsp3) is 0. The molecule has 0 aliphatic heterocycles. The van der Waals surface area contributed by atoms with Crippen molar-refractivity contribution in [2.24, 2.45) is 0 Å². The summed E-state index contributed by atoms with van der Waals surface area (Å²) >= 11 is 0. The van der Waals surface area contributed by atoms with Gasteiger partial charge in [0.15, 0.2) is 5.69 Å². The molecule has 114 valence electrons. The second-order valence-corrected chi connectivity index (χ2v) is 5.60. The van der Waals surface area contributed by atoms with Gasteiger partial charge in [-0.25, -0.2) is 4.79 Å². The predicted molar refractivity (Wildman–Crippen MR) is 92.4 cm³/mol. The Hall–Kier alpha value is -3.47. The normalized spacial score (nSPS) is 11.5. The van der Waals surface area contributed by atoms with Gasteiger partial charge in [0.25, 0.3) is 0 Å². The molecule has 0 radical (unpaired) electrons. The van der Waals surface area contributed by atoms with E-state index in [0.717, 1.165) is 27.2 Å². The first-order valence-corrected chi connectivity index (χ1v) is 7.58. The van der Waals surface area contributed by atoms with Gasteiger partial charge in [0, 0.05) is 10.8 Å². The molecule has 5 nitrogen and oxygen atoms in total. The molecule has 0 aliphatic rings. The fourth-order valence-corrected chi connectivity index (χ4v) is 2.95. The number of rotatable bonds is 1. The quantitative estimate of drug-likeness (QED) is 0.443. The van der Waals surface area contributed by atoms with Gasteiger partial charge in [0.05, 0.1) is 0 Å². The maximum atomic E-state index is 12.3. The highest BCUT2D eigenvalue weighted by atomic mass is 16.4. The molecular formula is C19H11N3O2. The molecule has 2 heterocycles. The van der Waals surface area contributed by atoms with Crippen LogP contribution in [0.15, 0.2) is 75.9 Å². The Bertz CT molecular complexity index is 1280. The Balaban J connectivity index is 1.82. The van der Waals surface area contributed by atoms with Gasteiger partial charge in [-0.05, 0) is 23.6 Å². The summed E-state index contributed by atoms with van der Waals surface area (Å²) in [6, 6.07) is 21.0. The summed E-state index contributed by atoms with van der Waals surface area (Å²) < 4.78 is 5.37. The molecule has 24 heavy (non-hydrogen) atoms. The summed E-state index contributed by atoms with van der Waals surface area (Å²) in [6.07, 6.45) is 0. The molecule has 0 unspecified atom stereocenters. The van der Waals surface area contributed by atoms with Gasteiger partial charge < -0.3 is 4.42 Å². The maximum Gasteiger partial charge on any atom is 0.364 e. The lowest BCUT2D eigenvalue weighted by atomic mass is 10.1. The van der Waals surface area contributed by atoms with E-state index in [9.17, 15) is 4.79 Å². The highest BCUT2D eigenvalue weighted by molar-refractivity contribution is 6.03. The van der Waals surface area contributed by atoms with Crippen LogP contribution in [-0.2, 0) is 0 Å². The minimum atomic E-state index is -0.460. The van der Waals surface area contributed by atoms with E-state index in [-0.39, 0.29) is 0 Å². The number of aromatic nitrogens is 3. The first-order chi connectivity index (χ1) is 11.8. The van der Waals surface area contributed by atoms with Crippen LogP contribution < -0.4 is 5.63 Å². The van der Waals surface area contributed by atoms with E-state index in [0.29, 0.717) is 11.3 Å². The van der Waals surface area contributed by atoms with E-state index < -0.39 is 5.63 Å². The number of hydrogen-bond acceptors (Lipinski definition) is 4. The van der Waals surface area contributed by atoms with Crippen LogP contribution in [-0.4, -0.2) is 15.0 Å². The van der Waals surface area contributed by atoms with Crippen LogP contribution in [0.2, 0.25) is 0 Å². The zero-order valence-electron chi connectivity index (χ0n) is 12.5. The molecule has 0 spiro atoms. The highest BCUT2D eigenvalue weighted by Crippen LogP contribution is 2.23. The third-order valence-electron chi connectivity index (χ3n) is 4.11. The molecule has 0 aliphatic carbocycles. The van der Waals surface area contributed by atoms with Crippen molar-refractivity contribution in [3.8, 4) is 5.69 Å². The van der Waals surface area contributed by atoms with E-state index in [4.69, 9.17) is 4.42 Å². The van der Waals surface area contributed by atoms with Gasteiger partial charge in [-0.1, -0.05) is 48.5 Å². The molecule has 3 aromatic carbocycles. The Morgan fingerprint density at radius 3 is 2.54 bits per heavy atom. The van der Waals surface area contributed by atoms with Gasteiger partial charge in [-0.2, -0.15) is 0 Å². The molecule has 0 atom stereocenters. The smallest absolute Gasteiger partial charge is 0.364 e. The minimum Gasteiger partial charge on any atom is -0.421 e. The third kappa shape index (κ3) is 1.85. The van der Waals surface area contributed by atoms with Crippen LogP contribution in [0.3, 0.4) is 0 Å². The lowest BCUT2D eigenvalue weighted by molar-refractivity contribution is 0.546. The largest absolute Gasteiger partial charge is 0.421 e. The number of para-hydroxylation sites is 1. The molecule has 0 amide bonds. The van der Waals surface area contributed by atoms with Crippen molar-refractivity contribution in [1.29, 1.82) is 0 Å². The van der Waals surface area contributed by atoms with Crippen molar-refractivity contribution in [3.63, 3.8) is 0 Å². The average Bonchev–Trinajstić information content (AvgIpc) is 3.05. The Morgan fingerprint density at radius 2 is 1.62 bits per heavy atom. The molecule has 5 aromatic rings. The molecule has 5 heteroatoms. The van der Waals surface area contributed by atoms with E-state index in [1.165, 1.54) is 4.80 Å². The lowest BCUT2D eigenvalue weighted by Gasteiger charge is -2.00. The SMILES string of the molecule is O=c1oc2ccccc2cc1-n1nc2ccc3ccccc3c2n1. The summed E-state index contributed by atoms with van der Waals surface area (Å²) in [7, 11) is 0. The zero-order chi connectivity index (χ0) is 16.1. The van der Waals surface area contributed by atoms with E-state index in [1.807, 2.05) is 54.6 Å². The fourth-order valence-electron chi connectivity index (χ4n) is 2.95. The number of fused-ring (bicyclic) bond motifs is 4. The molecule has 0 fully saturated rings. The van der Waals surface area contributed by atoms with Crippen LogP contribution in [0.1, 0.15) is 0 Å². The van der Waals surface area contributed by atoms with Crippen molar-refractivity contribution in [2.45, 2.75) is 0 Å². The van der Waals surface area contributed by atoms with E-state index >= 15 is 0 Å². The Morgan fingerprint density at radius 1 is 0.833 bits per heavy atom. The second-order valence-electron chi connectivity index (χ2n) is 5.60. The van der Waals surface area contributed by atoms with Crippen molar-refractivity contribution in [2.75, 3.05) is 0 Å². The number of benzene rings is 3. The van der Waals surface area contributed by atoms with Crippen molar-refractivity contribution >= 4 is 32.8 Å². The first kappa shape index (κ1) is 13.0. The monoisotopic (exact) mass is 313 g/mol. The topological polar surface area (TPSA) is 60.9 Å². The standard InChI is InChI=1S/C19H11N3O2/c23-19-16(11-13-6-2-4-8-17(13)24-19)22-20-15-10-9-12-5-1-3-7-14(12)18(15)21-22/h1-11H. The Kier molecular flexibility index (Phi) is 2.58. The van der Waals surface area contributed by atoms with Crippen molar-refractivity contribution in [3.05, 3.63) is 77.2 Å². The predicted octanol–water partition coefficient (Wildman–Crippen LogP) is 3.68. The summed E-state index contributed by atoms with van der Waals surface area (Å²) in [5.74, 6) is 0. The lowest BCUT2D eigenvalue weighted by Crippen LogP contribution is -2.12. The molecule has 0 saturated heterocycles. The van der Waals surface area contributed by atoms with Gasteiger partial charge in [-0.3, -0.25) is 0 Å². The minimum absolute atomic E-state index is 0.300.